The normalized spacial score (nSPS) is 15.2. The molecule has 0 spiro atoms. The second-order valence-electron chi connectivity index (χ2n) is 5.11. The molecular weight excluding hydrogens is 374 g/mol. The third-order valence-corrected chi connectivity index (χ3v) is 4.68. The maximum absolute atomic E-state index is 12.4. The van der Waals surface area contributed by atoms with Crippen LogP contribution >= 0.6 is 24.0 Å². The van der Waals surface area contributed by atoms with Gasteiger partial charge in [0, 0.05) is 6.54 Å². The Morgan fingerprint density at radius 3 is 2.85 bits per heavy atom. The van der Waals surface area contributed by atoms with E-state index >= 15 is 0 Å². The number of rotatable bonds is 8. The second-order valence-corrected chi connectivity index (χ2v) is 6.78. The summed E-state index contributed by atoms with van der Waals surface area (Å²) in [6, 6.07) is 5.25. The molecule has 0 unspecified atom stereocenters. The van der Waals surface area contributed by atoms with E-state index in [0.717, 1.165) is 17.3 Å². The molecule has 8 heteroatoms. The van der Waals surface area contributed by atoms with E-state index in [-0.39, 0.29) is 25.5 Å². The molecule has 6 nitrogen and oxygen atoms in total. The summed E-state index contributed by atoms with van der Waals surface area (Å²) in [6.45, 7) is 2.49. The smallest absolute Gasteiger partial charge is 0.305 e. The van der Waals surface area contributed by atoms with Crippen LogP contribution in [0.2, 0.25) is 0 Å². The molecule has 0 aromatic heterocycles. The number of carboxylic acid groups (broad SMARTS) is 1. The number of carbonyl (C=O) groups excluding carboxylic acids is 1. The van der Waals surface area contributed by atoms with Crippen LogP contribution in [0.3, 0.4) is 0 Å². The maximum Gasteiger partial charge on any atom is 0.305 e. The van der Waals surface area contributed by atoms with Crippen LogP contribution in [0, 0.1) is 12.3 Å². The fraction of sp³-hybridized carbons (Fsp3) is 0.278. The predicted molar refractivity (Wildman–Crippen MR) is 104 cm³/mol. The summed E-state index contributed by atoms with van der Waals surface area (Å²) < 4.78 is 11.3. The van der Waals surface area contributed by atoms with Gasteiger partial charge in [0.15, 0.2) is 11.5 Å². The van der Waals surface area contributed by atoms with E-state index < -0.39 is 5.97 Å². The molecule has 1 aromatic rings. The van der Waals surface area contributed by atoms with Gasteiger partial charge in [0.2, 0.25) is 0 Å². The van der Waals surface area contributed by atoms with Gasteiger partial charge in [-0.2, -0.15) is 0 Å². The number of carbonyl (C=O) groups is 2. The Kier molecular flexibility index (Phi) is 7.06. The summed E-state index contributed by atoms with van der Waals surface area (Å²) in [6.07, 6.45) is 6.74. The number of hydrogen-bond donors (Lipinski definition) is 1. The average molecular weight is 391 g/mol. The van der Waals surface area contributed by atoms with E-state index in [4.69, 9.17) is 33.2 Å². The highest BCUT2D eigenvalue weighted by atomic mass is 32.2. The van der Waals surface area contributed by atoms with Gasteiger partial charge in [0.1, 0.15) is 10.9 Å². The first-order valence-electron chi connectivity index (χ1n) is 7.76. The zero-order chi connectivity index (χ0) is 19.1. The fourth-order valence-corrected chi connectivity index (χ4v) is 3.48. The van der Waals surface area contributed by atoms with Crippen molar-refractivity contribution in [3.63, 3.8) is 0 Å². The summed E-state index contributed by atoms with van der Waals surface area (Å²) in [7, 11) is 0. The molecule has 1 amide bonds. The molecule has 0 aliphatic carbocycles. The number of benzene rings is 1. The zero-order valence-electron chi connectivity index (χ0n) is 14.1. The highest BCUT2D eigenvalue weighted by molar-refractivity contribution is 8.26. The molecule has 0 saturated carbocycles. The van der Waals surface area contributed by atoms with Crippen molar-refractivity contribution >= 4 is 46.3 Å². The molecule has 1 aliphatic heterocycles. The third kappa shape index (κ3) is 5.00. The van der Waals surface area contributed by atoms with Crippen LogP contribution in [0.1, 0.15) is 18.9 Å². The first-order valence-corrected chi connectivity index (χ1v) is 8.99. The van der Waals surface area contributed by atoms with Gasteiger partial charge in [0.25, 0.3) is 5.91 Å². The largest absolute Gasteiger partial charge is 0.490 e. The number of amides is 1. The zero-order valence-corrected chi connectivity index (χ0v) is 15.7. The molecule has 0 atom stereocenters. The number of thiocarbonyl (C=S) groups is 1. The quantitative estimate of drug-likeness (QED) is 0.415. The first-order chi connectivity index (χ1) is 12.5. The van der Waals surface area contributed by atoms with E-state index in [9.17, 15) is 9.59 Å². The lowest BCUT2D eigenvalue weighted by atomic mass is 10.2. The van der Waals surface area contributed by atoms with Crippen LogP contribution in [0.25, 0.3) is 6.08 Å². The number of nitrogens with zero attached hydrogens (tertiary/aromatic N) is 1. The minimum atomic E-state index is -0.980. The second kappa shape index (κ2) is 9.27. The summed E-state index contributed by atoms with van der Waals surface area (Å²) in [5, 5.41) is 8.78. The maximum atomic E-state index is 12.4. The van der Waals surface area contributed by atoms with Crippen molar-refractivity contribution < 1.29 is 24.2 Å². The first kappa shape index (κ1) is 19.8. The number of hydrogen-bond acceptors (Lipinski definition) is 6. The summed E-state index contributed by atoms with van der Waals surface area (Å²) in [5.74, 6) is 2.17. The molecule has 0 radical (unpaired) electrons. The van der Waals surface area contributed by atoms with Crippen molar-refractivity contribution in [2.24, 2.45) is 0 Å². The van der Waals surface area contributed by atoms with Crippen molar-refractivity contribution in [3.05, 3.63) is 28.7 Å². The van der Waals surface area contributed by atoms with Crippen molar-refractivity contribution in [3.8, 4) is 23.8 Å². The summed E-state index contributed by atoms with van der Waals surface area (Å²) in [5.41, 5.74) is 0.736. The van der Waals surface area contributed by atoms with Crippen molar-refractivity contribution in [1.82, 2.24) is 4.90 Å². The van der Waals surface area contributed by atoms with E-state index in [1.807, 2.05) is 6.92 Å². The summed E-state index contributed by atoms with van der Waals surface area (Å²) in [4.78, 5) is 24.9. The molecular formula is C18H17NO5S2. The van der Waals surface area contributed by atoms with Crippen molar-refractivity contribution in [1.29, 1.82) is 0 Å². The minimum Gasteiger partial charge on any atom is -0.490 e. The van der Waals surface area contributed by atoms with Crippen molar-refractivity contribution in [2.45, 2.75) is 13.3 Å². The van der Waals surface area contributed by atoms with Crippen molar-refractivity contribution in [2.75, 3.05) is 19.8 Å². The van der Waals surface area contributed by atoms with Gasteiger partial charge < -0.3 is 14.6 Å². The van der Waals surface area contributed by atoms with Crippen LogP contribution in [-0.2, 0) is 9.59 Å². The topological polar surface area (TPSA) is 76.1 Å². The molecule has 1 aliphatic rings. The van der Waals surface area contributed by atoms with Gasteiger partial charge in [-0.3, -0.25) is 14.5 Å². The molecule has 2 rings (SSSR count). The molecule has 1 saturated heterocycles. The Morgan fingerprint density at radius 2 is 2.19 bits per heavy atom. The molecule has 1 heterocycles. The molecule has 0 bridgehead atoms. The lowest BCUT2D eigenvalue weighted by Crippen LogP contribution is -2.30. The van der Waals surface area contributed by atoms with E-state index in [1.165, 1.54) is 4.90 Å². The van der Waals surface area contributed by atoms with Crippen LogP contribution in [0.4, 0.5) is 0 Å². The minimum absolute atomic E-state index is 0.0560. The molecule has 26 heavy (non-hydrogen) atoms. The Bertz CT molecular complexity index is 797. The Labute approximate surface area is 161 Å². The SMILES string of the molecule is C#CCOc1ccc(C=C2SC(=S)N(CCC(=O)O)C2=O)cc1OCC. The lowest BCUT2D eigenvalue weighted by Gasteiger charge is -2.12. The Hall–Kier alpha value is -2.50. The molecule has 1 N–H and O–H groups in total. The van der Waals surface area contributed by atoms with Gasteiger partial charge >= 0.3 is 5.97 Å². The fourth-order valence-electron chi connectivity index (χ4n) is 2.17. The van der Waals surface area contributed by atoms with Gasteiger partial charge in [-0.25, -0.2) is 0 Å². The number of carboxylic acids is 1. The Balaban J connectivity index is 2.22. The Morgan fingerprint density at radius 1 is 1.42 bits per heavy atom. The number of thioether (sulfide) groups is 1. The monoisotopic (exact) mass is 391 g/mol. The molecule has 1 fully saturated rings. The van der Waals surface area contributed by atoms with E-state index in [2.05, 4.69) is 5.92 Å². The van der Waals surface area contributed by atoms with Gasteiger partial charge in [-0.15, -0.1) is 6.42 Å². The van der Waals surface area contributed by atoms with Crippen LogP contribution in [0.15, 0.2) is 23.1 Å². The summed E-state index contributed by atoms with van der Waals surface area (Å²) >= 11 is 6.31. The van der Waals surface area contributed by atoms with E-state index in [1.54, 1.807) is 24.3 Å². The standard InChI is InChI=1S/C18H17NO5S2/c1-3-9-24-13-6-5-12(10-14(13)23-4-2)11-15-17(22)19(18(25)26-15)8-7-16(20)21/h1,5-6,10-11H,4,7-9H2,2H3,(H,20,21). The van der Waals surface area contributed by atoms with Crippen LogP contribution in [0.5, 0.6) is 11.5 Å². The van der Waals surface area contributed by atoms with Crippen LogP contribution in [-0.4, -0.2) is 46.0 Å². The highest BCUT2D eigenvalue weighted by Gasteiger charge is 2.32. The predicted octanol–water partition coefficient (Wildman–Crippen LogP) is 2.77. The number of aliphatic carboxylic acids is 1. The highest BCUT2D eigenvalue weighted by Crippen LogP contribution is 2.34. The number of terminal acetylenes is 1. The van der Waals surface area contributed by atoms with Gasteiger partial charge in [0.05, 0.1) is 17.9 Å². The van der Waals surface area contributed by atoms with E-state index in [0.29, 0.717) is 27.3 Å². The third-order valence-electron chi connectivity index (χ3n) is 3.30. The van der Waals surface area contributed by atoms with Crippen LogP contribution < -0.4 is 9.47 Å². The number of ether oxygens (including phenoxy) is 2. The molecule has 136 valence electrons. The average Bonchev–Trinajstić information content (AvgIpc) is 2.86. The van der Waals surface area contributed by atoms with Gasteiger partial charge in [-0.1, -0.05) is 36.0 Å². The molecule has 1 aromatic carbocycles. The van der Waals surface area contributed by atoms with Gasteiger partial charge in [-0.05, 0) is 30.7 Å². The lowest BCUT2D eigenvalue weighted by molar-refractivity contribution is -0.137.